The molecule has 2 aromatic heterocycles. The number of aromatic nitrogens is 6. The molecule has 0 aliphatic carbocycles. The molecule has 0 spiro atoms. The van der Waals surface area contributed by atoms with E-state index in [-0.39, 0.29) is 17.9 Å². The quantitative estimate of drug-likeness (QED) is 0.573. The number of rotatable bonds is 3. The summed E-state index contributed by atoms with van der Waals surface area (Å²) in [6, 6.07) is 0.163. The van der Waals surface area contributed by atoms with Gasteiger partial charge in [-0.2, -0.15) is 24.7 Å². The standard InChI is InChI=1S/C9H14N8O/c1-9(2,3)18-8-14-6(16-10)13-7(15-8)17-5-11-4-12-17/h4-5H,10H2,1-3H3,(H,13,14,15,16). The Hall–Kier alpha value is -2.29. The summed E-state index contributed by atoms with van der Waals surface area (Å²) in [5.74, 6) is 5.76. The van der Waals surface area contributed by atoms with E-state index in [1.807, 2.05) is 20.8 Å². The lowest BCUT2D eigenvalue weighted by Gasteiger charge is -2.19. The molecule has 3 N–H and O–H groups in total. The minimum Gasteiger partial charge on any atom is -0.458 e. The van der Waals surface area contributed by atoms with Gasteiger partial charge in [-0.3, -0.25) is 5.43 Å². The van der Waals surface area contributed by atoms with Gasteiger partial charge in [0, 0.05) is 0 Å². The maximum Gasteiger partial charge on any atom is 0.323 e. The molecule has 0 bridgehead atoms. The summed E-state index contributed by atoms with van der Waals surface area (Å²) < 4.78 is 6.95. The van der Waals surface area contributed by atoms with Gasteiger partial charge in [0.05, 0.1) is 0 Å². The molecule has 2 heterocycles. The Morgan fingerprint density at radius 1 is 1.28 bits per heavy atom. The van der Waals surface area contributed by atoms with E-state index in [9.17, 15) is 0 Å². The van der Waals surface area contributed by atoms with E-state index in [1.165, 1.54) is 17.3 Å². The SMILES string of the molecule is CC(C)(C)Oc1nc(NN)nc(-n2cncn2)n1. The summed E-state index contributed by atoms with van der Waals surface area (Å²) in [5.41, 5.74) is 1.93. The largest absolute Gasteiger partial charge is 0.458 e. The third-order valence-electron chi connectivity index (χ3n) is 1.75. The Labute approximate surface area is 103 Å². The van der Waals surface area contributed by atoms with E-state index in [1.54, 1.807) is 0 Å². The van der Waals surface area contributed by atoms with Crippen LogP contribution < -0.4 is 16.0 Å². The average Bonchev–Trinajstić information content (AvgIpc) is 2.79. The van der Waals surface area contributed by atoms with Gasteiger partial charge in [-0.15, -0.1) is 0 Å². The molecular weight excluding hydrogens is 236 g/mol. The van der Waals surface area contributed by atoms with Crippen molar-refractivity contribution in [2.24, 2.45) is 5.84 Å². The number of nitrogen functional groups attached to an aromatic ring is 1. The first-order chi connectivity index (χ1) is 8.48. The molecule has 0 aromatic carbocycles. The second kappa shape index (κ2) is 4.53. The summed E-state index contributed by atoms with van der Waals surface area (Å²) in [6.45, 7) is 5.67. The van der Waals surface area contributed by atoms with Gasteiger partial charge in [-0.1, -0.05) is 0 Å². The fourth-order valence-electron chi connectivity index (χ4n) is 1.14. The minimum absolute atomic E-state index is 0.163. The Balaban J connectivity index is 2.39. The van der Waals surface area contributed by atoms with Gasteiger partial charge in [-0.05, 0) is 20.8 Å². The monoisotopic (exact) mass is 250 g/mol. The zero-order valence-electron chi connectivity index (χ0n) is 10.3. The first-order valence-electron chi connectivity index (χ1n) is 5.24. The van der Waals surface area contributed by atoms with Crippen molar-refractivity contribution in [1.29, 1.82) is 0 Å². The molecule has 0 atom stereocenters. The fraction of sp³-hybridized carbons (Fsp3) is 0.444. The van der Waals surface area contributed by atoms with Crippen LogP contribution >= 0.6 is 0 Å². The highest BCUT2D eigenvalue weighted by molar-refractivity contribution is 5.28. The summed E-state index contributed by atoms with van der Waals surface area (Å²) in [4.78, 5) is 16.0. The number of hydrogen-bond acceptors (Lipinski definition) is 8. The number of hydrogen-bond donors (Lipinski definition) is 2. The Morgan fingerprint density at radius 2 is 2.06 bits per heavy atom. The van der Waals surface area contributed by atoms with Crippen LogP contribution in [0.5, 0.6) is 6.01 Å². The maximum atomic E-state index is 5.56. The van der Waals surface area contributed by atoms with Crippen LogP contribution in [-0.4, -0.2) is 35.3 Å². The van der Waals surface area contributed by atoms with Crippen molar-refractivity contribution in [3.05, 3.63) is 12.7 Å². The summed E-state index contributed by atoms with van der Waals surface area (Å²) in [6.07, 6.45) is 2.85. The lowest BCUT2D eigenvalue weighted by atomic mass is 10.2. The summed E-state index contributed by atoms with van der Waals surface area (Å²) in [5, 5.41) is 3.93. The van der Waals surface area contributed by atoms with E-state index in [2.05, 4.69) is 30.5 Å². The van der Waals surface area contributed by atoms with Crippen molar-refractivity contribution in [2.45, 2.75) is 26.4 Å². The van der Waals surface area contributed by atoms with Crippen LogP contribution in [0.2, 0.25) is 0 Å². The molecule has 18 heavy (non-hydrogen) atoms. The zero-order chi connectivity index (χ0) is 13.2. The number of anilines is 1. The number of nitrogens with one attached hydrogen (secondary N) is 1. The van der Waals surface area contributed by atoms with Gasteiger partial charge >= 0.3 is 6.01 Å². The van der Waals surface area contributed by atoms with E-state index in [4.69, 9.17) is 10.6 Å². The minimum atomic E-state index is -0.424. The normalized spacial score (nSPS) is 11.3. The van der Waals surface area contributed by atoms with Crippen LogP contribution in [0.1, 0.15) is 20.8 Å². The number of hydrazine groups is 1. The fourth-order valence-corrected chi connectivity index (χ4v) is 1.14. The highest BCUT2D eigenvalue weighted by Crippen LogP contribution is 2.15. The zero-order valence-corrected chi connectivity index (χ0v) is 10.3. The maximum absolute atomic E-state index is 5.56. The summed E-state index contributed by atoms with van der Waals surface area (Å²) in [7, 11) is 0. The molecule has 0 unspecified atom stereocenters. The van der Waals surface area contributed by atoms with E-state index in [0.29, 0.717) is 0 Å². The van der Waals surface area contributed by atoms with Crippen molar-refractivity contribution in [2.75, 3.05) is 5.43 Å². The molecule has 0 fully saturated rings. The lowest BCUT2D eigenvalue weighted by Crippen LogP contribution is -2.25. The van der Waals surface area contributed by atoms with Crippen molar-refractivity contribution >= 4 is 5.95 Å². The van der Waals surface area contributed by atoms with E-state index < -0.39 is 5.60 Å². The molecule has 0 aliphatic heterocycles. The van der Waals surface area contributed by atoms with Crippen molar-refractivity contribution in [3.8, 4) is 12.0 Å². The van der Waals surface area contributed by atoms with Gasteiger partial charge in [0.2, 0.25) is 5.95 Å². The molecule has 9 heteroatoms. The molecule has 9 nitrogen and oxygen atoms in total. The number of nitrogens with zero attached hydrogens (tertiary/aromatic N) is 6. The van der Waals surface area contributed by atoms with E-state index >= 15 is 0 Å². The molecule has 96 valence electrons. The molecule has 0 aliphatic rings. The Kier molecular flexibility index (Phi) is 3.06. The second-order valence-corrected chi connectivity index (χ2v) is 4.44. The van der Waals surface area contributed by atoms with Crippen molar-refractivity contribution in [1.82, 2.24) is 29.7 Å². The third kappa shape index (κ3) is 2.88. The van der Waals surface area contributed by atoms with Crippen molar-refractivity contribution < 1.29 is 4.74 Å². The van der Waals surface area contributed by atoms with Gasteiger partial charge in [0.25, 0.3) is 5.95 Å². The van der Waals surface area contributed by atoms with E-state index in [0.717, 1.165) is 0 Å². The molecule has 0 saturated heterocycles. The van der Waals surface area contributed by atoms with Gasteiger partial charge in [0.15, 0.2) is 0 Å². The highest BCUT2D eigenvalue weighted by atomic mass is 16.5. The first kappa shape index (κ1) is 12.2. The van der Waals surface area contributed by atoms with Crippen LogP contribution in [0.25, 0.3) is 5.95 Å². The molecule has 0 radical (unpaired) electrons. The van der Waals surface area contributed by atoms with Crippen molar-refractivity contribution in [3.63, 3.8) is 0 Å². The Bertz CT molecular complexity index is 518. The predicted octanol–water partition coefficient (Wildman–Crippen LogP) is -0.0848. The third-order valence-corrected chi connectivity index (χ3v) is 1.75. The molecule has 0 saturated carbocycles. The summed E-state index contributed by atoms with van der Waals surface area (Å²) >= 11 is 0. The molecule has 2 aromatic rings. The topological polar surface area (TPSA) is 117 Å². The van der Waals surface area contributed by atoms with Crippen LogP contribution in [0.4, 0.5) is 5.95 Å². The van der Waals surface area contributed by atoms with Crippen LogP contribution in [-0.2, 0) is 0 Å². The smallest absolute Gasteiger partial charge is 0.323 e. The Morgan fingerprint density at radius 3 is 2.61 bits per heavy atom. The molecule has 0 amide bonds. The number of ether oxygens (including phenoxy) is 1. The van der Waals surface area contributed by atoms with Crippen LogP contribution in [0.3, 0.4) is 0 Å². The molecule has 2 rings (SSSR count). The molecular formula is C9H14N8O. The first-order valence-corrected chi connectivity index (χ1v) is 5.24. The predicted molar refractivity (Wildman–Crippen MR) is 62.9 cm³/mol. The number of nitrogens with two attached hydrogens (primary N) is 1. The lowest BCUT2D eigenvalue weighted by molar-refractivity contribution is 0.116. The van der Waals surface area contributed by atoms with Gasteiger partial charge < -0.3 is 4.74 Å². The average molecular weight is 250 g/mol. The van der Waals surface area contributed by atoms with Crippen LogP contribution in [0, 0.1) is 0 Å². The van der Waals surface area contributed by atoms with Crippen LogP contribution in [0.15, 0.2) is 12.7 Å². The highest BCUT2D eigenvalue weighted by Gasteiger charge is 2.16. The van der Waals surface area contributed by atoms with Gasteiger partial charge in [-0.25, -0.2) is 10.8 Å². The van der Waals surface area contributed by atoms with Gasteiger partial charge in [0.1, 0.15) is 18.3 Å². The second-order valence-electron chi connectivity index (χ2n) is 4.44.